The molecule has 0 spiro atoms. The molecule has 3 aromatic carbocycles. The molecule has 0 fully saturated rings. The van der Waals surface area contributed by atoms with Crippen molar-refractivity contribution in [2.24, 2.45) is 0 Å². The summed E-state index contributed by atoms with van der Waals surface area (Å²) in [5.74, 6) is 1.91. The van der Waals surface area contributed by atoms with Gasteiger partial charge in [0.15, 0.2) is 0 Å². The Morgan fingerprint density at radius 1 is 0.769 bits per heavy atom. The number of anilines is 1. The first-order valence-electron chi connectivity index (χ1n) is 13.7. The topological polar surface area (TPSA) is 85.5 Å². The molecule has 7 nitrogen and oxygen atoms in total. The standard InChI is InChI=1S/C32H31N7/c1-2-12-24(34-19-30-35-25-13-3-4-14-26(25)36-30)23(9-1)20-39(21-31-37-27-15-5-6-16-28(27)38-31)29-17-7-10-22-11-8-18-33-32(22)29/h1-6,8-9,11-16,18,29,34H,7,10,17,19-21H2,(H,35,36)(H,37,38). The van der Waals surface area contributed by atoms with E-state index in [2.05, 4.69) is 74.8 Å². The number of imidazole rings is 2. The highest BCUT2D eigenvalue weighted by molar-refractivity contribution is 5.75. The number of benzene rings is 3. The lowest BCUT2D eigenvalue weighted by Crippen LogP contribution is -2.32. The van der Waals surface area contributed by atoms with E-state index in [1.54, 1.807) is 0 Å². The molecule has 0 bridgehead atoms. The summed E-state index contributed by atoms with van der Waals surface area (Å²) in [6.45, 7) is 2.12. The maximum atomic E-state index is 4.92. The molecular weight excluding hydrogens is 482 g/mol. The zero-order valence-electron chi connectivity index (χ0n) is 21.8. The summed E-state index contributed by atoms with van der Waals surface area (Å²) < 4.78 is 0. The maximum absolute atomic E-state index is 4.92. The summed E-state index contributed by atoms with van der Waals surface area (Å²) in [5.41, 5.74) is 9.04. The first kappa shape index (κ1) is 23.6. The lowest BCUT2D eigenvalue weighted by Gasteiger charge is -2.35. The Hall–Kier alpha value is -4.49. The summed E-state index contributed by atoms with van der Waals surface area (Å²) in [7, 11) is 0. The fourth-order valence-electron chi connectivity index (χ4n) is 5.81. The van der Waals surface area contributed by atoms with Crippen LogP contribution >= 0.6 is 0 Å². The lowest BCUT2D eigenvalue weighted by molar-refractivity contribution is 0.154. The van der Waals surface area contributed by atoms with Gasteiger partial charge in [-0.1, -0.05) is 48.5 Å². The molecule has 0 radical (unpaired) electrons. The highest BCUT2D eigenvalue weighted by Crippen LogP contribution is 2.35. The number of hydrogen-bond acceptors (Lipinski definition) is 5. The minimum Gasteiger partial charge on any atom is -0.378 e. The minimum absolute atomic E-state index is 0.228. The van der Waals surface area contributed by atoms with Crippen molar-refractivity contribution < 1.29 is 0 Å². The van der Waals surface area contributed by atoms with Gasteiger partial charge in [0.05, 0.1) is 46.9 Å². The van der Waals surface area contributed by atoms with Gasteiger partial charge in [0.25, 0.3) is 0 Å². The number of aromatic nitrogens is 5. The Kier molecular flexibility index (Phi) is 6.26. The third-order valence-corrected chi connectivity index (χ3v) is 7.67. The summed E-state index contributed by atoms with van der Waals surface area (Å²) in [6, 6.07) is 29.5. The molecule has 0 saturated heterocycles. The monoisotopic (exact) mass is 513 g/mol. The number of fused-ring (bicyclic) bond motifs is 3. The molecule has 1 aliphatic rings. The SMILES string of the molecule is c1ccc(NCc2nc3ccccc3[nH]2)c(CN(Cc2nc3ccccc3[nH]2)C2CCCc3cccnc32)c1. The van der Waals surface area contributed by atoms with Gasteiger partial charge in [-0.25, -0.2) is 9.97 Å². The van der Waals surface area contributed by atoms with Gasteiger partial charge in [-0.15, -0.1) is 0 Å². The van der Waals surface area contributed by atoms with Crippen LogP contribution in [0.3, 0.4) is 0 Å². The summed E-state index contributed by atoms with van der Waals surface area (Å²) in [6.07, 6.45) is 5.26. The molecule has 0 saturated carbocycles. The second-order valence-corrected chi connectivity index (χ2v) is 10.3. The van der Waals surface area contributed by atoms with Gasteiger partial charge >= 0.3 is 0 Å². The van der Waals surface area contributed by atoms with Crippen LogP contribution in [0.5, 0.6) is 0 Å². The van der Waals surface area contributed by atoms with E-state index in [0.29, 0.717) is 13.1 Å². The van der Waals surface area contributed by atoms with Crippen LogP contribution in [0.4, 0.5) is 5.69 Å². The molecule has 3 N–H and O–H groups in total. The number of aromatic amines is 2. The second kappa shape index (κ2) is 10.3. The molecule has 1 unspecified atom stereocenters. The lowest BCUT2D eigenvalue weighted by atomic mass is 9.90. The van der Waals surface area contributed by atoms with Crippen molar-refractivity contribution >= 4 is 27.8 Å². The van der Waals surface area contributed by atoms with Gasteiger partial charge < -0.3 is 15.3 Å². The number of H-pyrrole nitrogens is 2. The van der Waals surface area contributed by atoms with Crippen molar-refractivity contribution in [3.63, 3.8) is 0 Å². The van der Waals surface area contributed by atoms with Crippen molar-refractivity contribution in [2.45, 2.75) is 44.9 Å². The van der Waals surface area contributed by atoms with Crippen molar-refractivity contribution in [1.82, 2.24) is 29.8 Å². The molecule has 3 aromatic heterocycles. The Balaban J connectivity index is 1.19. The van der Waals surface area contributed by atoms with Gasteiger partial charge in [0.2, 0.25) is 0 Å². The average Bonchev–Trinajstić information content (AvgIpc) is 3.59. The Morgan fingerprint density at radius 2 is 1.49 bits per heavy atom. The molecule has 6 aromatic rings. The van der Waals surface area contributed by atoms with Crippen LogP contribution in [-0.4, -0.2) is 29.8 Å². The predicted octanol–water partition coefficient (Wildman–Crippen LogP) is 6.53. The number of para-hydroxylation sites is 5. The maximum Gasteiger partial charge on any atom is 0.126 e. The smallest absolute Gasteiger partial charge is 0.126 e. The summed E-state index contributed by atoms with van der Waals surface area (Å²) in [5, 5.41) is 3.64. The highest BCUT2D eigenvalue weighted by Gasteiger charge is 2.28. The Morgan fingerprint density at radius 3 is 2.31 bits per heavy atom. The highest BCUT2D eigenvalue weighted by atomic mass is 15.2. The predicted molar refractivity (Wildman–Crippen MR) is 155 cm³/mol. The van der Waals surface area contributed by atoms with Gasteiger partial charge in [-0.2, -0.15) is 0 Å². The first-order valence-corrected chi connectivity index (χ1v) is 13.7. The van der Waals surface area contributed by atoms with E-state index in [0.717, 1.165) is 65.2 Å². The molecule has 0 aliphatic heterocycles. The molecule has 194 valence electrons. The van der Waals surface area contributed by atoms with Crippen molar-refractivity contribution in [3.8, 4) is 0 Å². The van der Waals surface area contributed by atoms with E-state index in [4.69, 9.17) is 15.0 Å². The van der Waals surface area contributed by atoms with E-state index in [-0.39, 0.29) is 6.04 Å². The van der Waals surface area contributed by atoms with E-state index in [1.807, 2.05) is 36.5 Å². The third-order valence-electron chi connectivity index (χ3n) is 7.67. The third kappa shape index (κ3) is 4.89. The molecule has 3 heterocycles. The van der Waals surface area contributed by atoms with Crippen LogP contribution < -0.4 is 5.32 Å². The molecule has 1 aliphatic carbocycles. The zero-order valence-corrected chi connectivity index (χ0v) is 21.8. The first-order chi connectivity index (χ1) is 19.3. The molecule has 7 heteroatoms. The number of aryl methyl sites for hydroxylation is 1. The van der Waals surface area contributed by atoms with E-state index >= 15 is 0 Å². The van der Waals surface area contributed by atoms with Gasteiger partial charge in [-0.05, 0) is 66.8 Å². The average molecular weight is 514 g/mol. The Bertz CT molecular complexity index is 1670. The minimum atomic E-state index is 0.228. The van der Waals surface area contributed by atoms with Crippen LogP contribution in [0.25, 0.3) is 22.1 Å². The van der Waals surface area contributed by atoms with E-state index in [1.165, 1.54) is 16.8 Å². The number of hydrogen-bond donors (Lipinski definition) is 3. The van der Waals surface area contributed by atoms with Crippen LogP contribution in [-0.2, 0) is 26.1 Å². The zero-order chi connectivity index (χ0) is 26.0. The second-order valence-electron chi connectivity index (χ2n) is 10.3. The molecule has 39 heavy (non-hydrogen) atoms. The fraction of sp³-hybridized carbons (Fsp3) is 0.219. The number of nitrogens with zero attached hydrogens (tertiary/aromatic N) is 4. The van der Waals surface area contributed by atoms with Crippen molar-refractivity contribution in [2.75, 3.05) is 5.32 Å². The van der Waals surface area contributed by atoms with E-state index < -0.39 is 0 Å². The van der Waals surface area contributed by atoms with Crippen LogP contribution in [0.2, 0.25) is 0 Å². The number of pyridine rings is 1. The normalized spacial score (nSPS) is 15.2. The van der Waals surface area contributed by atoms with E-state index in [9.17, 15) is 0 Å². The number of rotatable bonds is 8. The summed E-state index contributed by atoms with van der Waals surface area (Å²) in [4.78, 5) is 24.0. The Labute approximate surface area is 227 Å². The van der Waals surface area contributed by atoms with Gasteiger partial charge in [0.1, 0.15) is 11.6 Å². The molecule has 0 amide bonds. The summed E-state index contributed by atoms with van der Waals surface area (Å²) >= 11 is 0. The van der Waals surface area contributed by atoms with Crippen molar-refractivity contribution in [3.05, 3.63) is 120 Å². The molecule has 7 rings (SSSR count). The van der Waals surface area contributed by atoms with Gasteiger partial charge in [0, 0.05) is 18.4 Å². The fourth-order valence-corrected chi connectivity index (χ4v) is 5.81. The van der Waals surface area contributed by atoms with Gasteiger partial charge in [-0.3, -0.25) is 9.88 Å². The largest absolute Gasteiger partial charge is 0.378 e. The van der Waals surface area contributed by atoms with Crippen LogP contribution in [0.15, 0.2) is 91.1 Å². The molecule has 1 atom stereocenters. The van der Waals surface area contributed by atoms with Crippen LogP contribution in [0, 0.1) is 0 Å². The van der Waals surface area contributed by atoms with Crippen LogP contribution in [0.1, 0.15) is 47.4 Å². The molecular formula is C32H31N7. The quantitative estimate of drug-likeness (QED) is 0.216. The number of nitrogens with one attached hydrogen (secondary N) is 3. The van der Waals surface area contributed by atoms with Crippen molar-refractivity contribution in [1.29, 1.82) is 0 Å².